The molecule has 0 unspecified atom stereocenters. The molecule has 10 nitrogen and oxygen atoms in total. The van der Waals surface area contributed by atoms with Gasteiger partial charge in [0.1, 0.15) is 29.6 Å². The first-order valence-electron chi connectivity index (χ1n) is 12.0. The van der Waals surface area contributed by atoms with Gasteiger partial charge in [0.05, 0.1) is 33.0 Å². The van der Waals surface area contributed by atoms with Gasteiger partial charge in [0, 0.05) is 0 Å². The van der Waals surface area contributed by atoms with Crippen LogP contribution in [0.25, 0.3) is 0 Å². The van der Waals surface area contributed by atoms with Crippen LogP contribution in [0.3, 0.4) is 0 Å². The van der Waals surface area contributed by atoms with E-state index >= 15 is 0 Å². The fourth-order valence-corrected chi connectivity index (χ4v) is 2.98. The molecule has 1 aliphatic carbocycles. The Morgan fingerprint density at radius 3 is 0.629 bits per heavy atom. The third-order valence-electron chi connectivity index (χ3n) is 4.46. The van der Waals surface area contributed by atoms with E-state index in [2.05, 4.69) is 0 Å². The van der Waals surface area contributed by atoms with Crippen LogP contribution in [0.1, 0.15) is 66.7 Å². The summed E-state index contributed by atoms with van der Waals surface area (Å²) in [5, 5.41) is 0. The van der Waals surface area contributed by atoms with Crippen LogP contribution in [0.5, 0.6) is 0 Å². The Morgan fingerprint density at radius 1 is 0.371 bits per heavy atom. The number of hydrogen-bond acceptors (Lipinski definition) is 10. The van der Waals surface area contributed by atoms with Crippen LogP contribution in [0.15, 0.2) is 0 Å². The van der Waals surface area contributed by atoms with Gasteiger partial charge in [-0.3, -0.25) is 24.0 Å². The molecule has 0 bridgehead atoms. The first-order valence-corrected chi connectivity index (χ1v) is 12.0. The Labute approximate surface area is 207 Å². The highest BCUT2D eigenvalue weighted by molar-refractivity contribution is 6.28. The van der Waals surface area contributed by atoms with Crippen molar-refractivity contribution < 1.29 is 47.7 Å². The minimum absolute atomic E-state index is 0.0257. The predicted molar refractivity (Wildman–Crippen MR) is 122 cm³/mol. The molecule has 0 heterocycles. The second-order valence-electron chi connectivity index (χ2n) is 7.55. The summed E-state index contributed by atoms with van der Waals surface area (Å²) in [4.78, 5) is 65.5. The minimum Gasteiger partial charge on any atom is -0.465 e. The monoisotopic (exact) mass is 495 g/mol. The molecule has 10 heteroatoms. The molecule has 5 radical (unpaired) electrons. The normalized spacial score (nSPS) is 15.6. The van der Waals surface area contributed by atoms with Crippen molar-refractivity contribution in [1.29, 1.82) is 0 Å². The summed E-state index contributed by atoms with van der Waals surface area (Å²) >= 11 is 0. The lowest BCUT2D eigenvalue weighted by molar-refractivity contribution is -0.148. The molecule has 35 heavy (non-hydrogen) atoms. The van der Waals surface area contributed by atoms with Crippen LogP contribution in [0, 0.1) is 29.6 Å². The zero-order valence-electron chi connectivity index (χ0n) is 21.2. The fraction of sp³-hybridized carbons (Fsp3) is 0.600. The molecule has 0 aromatic heterocycles. The Bertz CT molecular complexity index is 570. The Morgan fingerprint density at radius 2 is 0.514 bits per heavy atom. The quantitative estimate of drug-likeness (QED) is 0.247. The Hall–Kier alpha value is -2.65. The zero-order chi connectivity index (χ0) is 26.4. The zero-order valence-corrected chi connectivity index (χ0v) is 21.2. The van der Waals surface area contributed by atoms with Crippen LogP contribution in [-0.2, 0) is 47.7 Å². The number of esters is 5. The molecule has 0 spiro atoms. The molecule has 1 fully saturated rings. The van der Waals surface area contributed by atoms with Gasteiger partial charge < -0.3 is 23.7 Å². The molecule has 0 atom stereocenters. The third kappa shape index (κ3) is 8.21. The number of carbonyl (C=O) groups excluding carboxylic acids is 5. The van der Waals surface area contributed by atoms with Gasteiger partial charge in [0.25, 0.3) is 0 Å². The van der Waals surface area contributed by atoms with Crippen LogP contribution < -0.4 is 0 Å². The van der Waals surface area contributed by atoms with Gasteiger partial charge in [-0.05, 0) is 32.1 Å². The van der Waals surface area contributed by atoms with Crippen molar-refractivity contribution >= 4 is 29.8 Å². The molecule has 1 rings (SSSR count). The van der Waals surface area contributed by atoms with E-state index in [1.165, 1.54) is 0 Å². The summed E-state index contributed by atoms with van der Waals surface area (Å²) in [7, 11) is 0. The first kappa shape index (κ1) is 30.4. The summed E-state index contributed by atoms with van der Waals surface area (Å²) in [6.45, 7) is 8.65. The predicted octanol–water partition coefficient (Wildman–Crippen LogP) is 2.64. The smallest absolute Gasteiger partial charge is 0.315 e. The topological polar surface area (TPSA) is 132 Å². The van der Waals surface area contributed by atoms with Crippen LogP contribution in [0.4, 0.5) is 0 Å². The SMILES string of the molecule is CCCOC(=O)[C]1[C](C(=O)OCCC)[C](C(=O)OCCC)[C](C(=O)OCCC)[C]1C(=O)OCCC. The van der Waals surface area contributed by atoms with Crippen molar-refractivity contribution in [2.45, 2.75) is 66.7 Å². The van der Waals surface area contributed by atoms with E-state index in [1.54, 1.807) is 34.6 Å². The third-order valence-corrected chi connectivity index (χ3v) is 4.46. The van der Waals surface area contributed by atoms with Crippen LogP contribution in [0.2, 0.25) is 0 Å². The standard InChI is InChI=1S/C25H35O10/c1-6-11-31-21(26)16-17(22(27)32-12-7-2)19(24(29)34-14-9-4)20(25(30)35-15-10-5)18(16)23(28)33-13-8-3/h6-15H2,1-5H3. The van der Waals surface area contributed by atoms with Gasteiger partial charge in [-0.25, -0.2) is 0 Å². The number of rotatable bonds is 15. The lowest BCUT2D eigenvalue weighted by Gasteiger charge is -2.21. The van der Waals surface area contributed by atoms with Gasteiger partial charge in [0.2, 0.25) is 0 Å². The van der Waals surface area contributed by atoms with E-state index in [9.17, 15) is 24.0 Å². The van der Waals surface area contributed by atoms with Gasteiger partial charge in [0.15, 0.2) is 0 Å². The summed E-state index contributed by atoms with van der Waals surface area (Å²) in [5.41, 5.74) is 0. The maximum Gasteiger partial charge on any atom is 0.315 e. The Kier molecular flexibility index (Phi) is 14.0. The van der Waals surface area contributed by atoms with E-state index in [4.69, 9.17) is 23.7 Å². The van der Waals surface area contributed by atoms with Crippen molar-refractivity contribution in [2.75, 3.05) is 33.0 Å². The van der Waals surface area contributed by atoms with Crippen LogP contribution >= 0.6 is 0 Å². The largest absolute Gasteiger partial charge is 0.465 e. The highest BCUT2D eigenvalue weighted by atomic mass is 16.6. The fourth-order valence-electron chi connectivity index (χ4n) is 2.98. The van der Waals surface area contributed by atoms with E-state index in [1.807, 2.05) is 0 Å². The number of carbonyl (C=O) groups is 5. The highest BCUT2D eigenvalue weighted by Gasteiger charge is 2.69. The minimum atomic E-state index is -1.07. The van der Waals surface area contributed by atoms with Gasteiger partial charge >= 0.3 is 29.8 Å². The maximum absolute atomic E-state index is 13.1. The van der Waals surface area contributed by atoms with E-state index in [0.717, 1.165) is 0 Å². The van der Waals surface area contributed by atoms with Gasteiger partial charge in [-0.1, -0.05) is 34.6 Å². The molecule has 0 N–H and O–H groups in total. The van der Waals surface area contributed by atoms with Crippen molar-refractivity contribution in [3.63, 3.8) is 0 Å². The average Bonchev–Trinajstić information content (AvgIpc) is 3.22. The summed E-state index contributed by atoms with van der Waals surface area (Å²) < 4.78 is 26.0. The molecule has 0 saturated heterocycles. The molecule has 1 aliphatic rings. The lowest BCUT2D eigenvalue weighted by Crippen LogP contribution is -2.34. The van der Waals surface area contributed by atoms with Gasteiger partial charge in [-0.15, -0.1) is 0 Å². The van der Waals surface area contributed by atoms with Crippen molar-refractivity contribution in [2.24, 2.45) is 0 Å². The molecular weight excluding hydrogens is 460 g/mol. The highest BCUT2D eigenvalue weighted by Crippen LogP contribution is 2.55. The summed E-state index contributed by atoms with van der Waals surface area (Å²) in [6.07, 6.45) is 2.26. The van der Waals surface area contributed by atoms with E-state index < -0.39 is 59.4 Å². The molecule has 0 amide bonds. The summed E-state index contributed by atoms with van der Waals surface area (Å²) in [6, 6.07) is 0. The van der Waals surface area contributed by atoms with E-state index in [0.29, 0.717) is 32.1 Å². The molecule has 0 aliphatic heterocycles. The molecule has 195 valence electrons. The molecule has 1 saturated carbocycles. The Balaban J connectivity index is 3.67. The first-order chi connectivity index (χ1) is 16.8. The summed E-state index contributed by atoms with van der Waals surface area (Å²) in [5.74, 6) is -8.24. The lowest BCUT2D eigenvalue weighted by atomic mass is 9.86. The van der Waals surface area contributed by atoms with Crippen LogP contribution in [-0.4, -0.2) is 62.9 Å². The maximum atomic E-state index is 13.1. The molecular formula is C25H35O10. The van der Waals surface area contributed by atoms with Crippen molar-refractivity contribution in [1.82, 2.24) is 0 Å². The average molecular weight is 496 g/mol. The second-order valence-corrected chi connectivity index (χ2v) is 7.55. The van der Waals surface area contributed by atoms with E-state index in [-0.39, 0.29) is 33.0 Å². The van der Waals surface area contributed by atoms with Gasteiger partial charge in [-0.2, -0.15) is 0 Å². The molecule has 0 aromatic carbocycles. The molecule has 0 aromatic rings. The second kappa shape index (κ2) is 16.1. The van der Waals surface area contributed by atoms with Crippen molar-refractivity contribution in [3.05, 3.63) is 29.6 Å². The number of hydrogen-bond donors (Lipinski definition) is 0. The van der Waals surface area contributed by atoms with Crippen molar-refractivity contribution in [3.8, 4) is 0 Å². The number of ether oxygens (including phenoxy) is 5.